The molecule has 0 aromatic heterocycles. The van der Waals surface area contributed by atoms with Crippen LogP contribution in [0.25, 0.3) is 0 Å². The lowest BCUT2D eigenvalue weighted by molar-refractivity contribution is -0.139. The number of hydrogen-bond donors (Lipinski definition) is 21. The molecule has 0 saturated carbocycles. The average Bonchev–Trinajstić information content (AvgIpc) is 0.841. The van der Waals surface area contributed by atoms with Crippen LogP contribution in [-0.4, -0.2) is 203 Å². The zero-order valence-electron chi connectivity index (χ0n) is 62.2. The summed E-state index contributed by atoms with van der Waals surface area (Å²) in [5, 5.41) is 50.6. The number of primary amides is 3. The van der Waals surface area contributed by atoms with E-state index in [0.29, 0.717) is 24.7 Å². The molecule has 28 N–H and O–H groups in total. The number of rotatable bonds is 51. The van der Waals surface area contributed by atoms with Crippen molar-refractivity contribution in [2.45, 2.75) is 211 Å². The van der Waals surface area contributed by atoms with E-state index in [1.165, 1.54) is 32.9 Å². The van der Waals surface area contributed by atoms with E-state index < -0.39 is 205 Å². The first kappa shape index (κ1) is 95.5. The highest BCUT2D eigenvalue weighted by molar-refractivity contribution is 14.1. The van der Waals surface area contributed by atoms with Crippen LogP contribution in [0.4, 0.5) is 0 Å². The molecule has 2 aromatic carbocycles. The van der Waals surface area contributed by atoms with Gasteiger partial charge in [-0.15, -0.1) is 0 Å². The lowest BCUT2D eigenvalue weighted by atomic mass is 9.96. The highest BCUT2D eigenvalue weighted by Gasteiger charge is 2.38. The molecule has 38 nitrogen and oxygen atoms in total. The number of carboxylic acid groups (broad SMARTS) is 1. The maximum absolute atomic E-state index is 14.4. The predicted molar refractivity (Wildman–Crippen MR) is 416 cm³/mol. The first-order chi connectivity index (χ1) is 51.2. The van der Waals surface area contributed by atoms with Gasteiger partial charge in [-0.05, 0) is 157 Å². The molecule has 12 atom stereocenters. The van der Waals surface area contributed by atoms with Crippen LogP contribution < -0.4 is 104 Å². The smallest absolute Gasteiger partial charge is 0.303 e. The van der Waals surface area contributed by atoms with Gasteiger partial charge in [0.1, 0.15) is 72.2 Å². The van der Waals surface area contributed by atoms with Gasteiger partial charge in [-0.3, -0.25) is 81.7 Å². The molecule has 0 bridgehead atoms. The van der Waals surface area contributed by atoms with Crippen molar-refractivity contribution in [3.05, 3.63) is 60.7 Å². The van der Waals surface area contributed by atoms with Crippen LogP contribution in [0.3, 0.4) is 0 Å². The molecule has 0 radical (unpaired) electrons. The Bertz CT molecular complexity index is 3490. The van der Waals surface area contributed by atoms with Gasteiger partial charge in [0.05, 0.1) is 20.1 Å². The highest BCUT2D eigenvalue weighted by atomic mass is 127. The zero-order valence-corrected chi connectivity index (χ0v) is 66.5. The first-order valence-corrected chi connectivity index (χ1v) is 37.7. The van der Waals surface area contributed by atoms with Gasteiger partial charge in [0, 0.05) is 39.2 Å². The molecule has 2 rings (SSSR count). The largest absolute Gasteiger partial charge is 0.506 e. The summed E-state index contributed by atoms with van der Waals surface area (Å²) in [5.74, 6) is -17.7. The molecule has 606 valence electrons. The summed E-state index contributed by atoms with van der Waals surface area (Å²) < 4.78 is 0.773. The van der Waals surface area contributed by atoms with Gasteiger partial charge in [-0.25, -0.2) is 0 Å². The van der Waals surface area contributed by atoms with Crippen LogP contribution in [0.2, 0.25) is 0 Å². The molecule has 0 unspecified atom stereocenters. The van der Waals surface area contributed by atoms with Gasteiger partial charge in [0.25, 0.3) is 0 Å². The number of phenols is 1. The molecule has 0 spiro atoms. The molecule has 0 saturated heterocycles. The minimum absolute atomic E-state index is 0.0414. The molecule has 0 heterocycles. The SMILES string of the molecule is CC[C@H](C)[C@H](NC(=O)[C@H](CCC(=O)O)NC(=O)[C@H](CCCCN)NC(=O)CNC(=O)[C@H](CC(N)=O)NC(=O)[C@@H](NC(=O)[C@H](CCCN)NC(=O)[C@@H](NC(=O)[C@H](Cc1ccccc1)NC(=O)[C@H](CCCN=C(N)N)NC(C)=O)C(C)C)C(C)C)C(=O)N[C@@H](Cc1cc(I)c(O)c(I)c1)C(=O)N[C@@H](CCC(N)=O)C(N)=O. The first-order valence-electron chi connectivity index (χ1n) is 35.6. The third-order valence-corrected chi connectivity index (χ3v) is 18.6. The van der Waals surface area contributed by atoms with Crippen molar-refractivity contribution in [2.75, 3.05) is 26.2 Å². The van der Waals surface area contributed by atoms with Crippen LogP contribution in [0.5, 0.6) is 5.75 Å². The number of aliphatic carboxylic acids is 1. The van der Waals surface area contributed by atoms with Gasteiger partial charge in [-0.2, -0.15) is 0 Å². The summed E-state index contributed by atoms with van der Waals surface area (Å²) in [4.78, 5) is 220. The summed E-state index contributed by atoms with van der Waals surface area (Å²) in [6.07, 6.45) is -2.07. The van der Waals surface area contributed by atoms with Crippen molar-refractivity contribution in [3.8, 4) is 5.75 Å². The number of nitrogens with one attached hydrogen (secondary N) is 12. The fourth-order valence-electron chi connectivity index (χ4n) is 10.8. The fraction of sp³-hybridized carbons (Fsp3) is 0.580. The predicted octanol–water partition coefficient (Wildman–Crippen LogP) is -4.37. The fourth-order valence-corrected chi connectivity index (χ4v) is 12.7. The van der Waals surface area contributed by atoms with E-state index in [-0.39, 0.29) is 102 Å². The van der Waals surface area contributed by atoms with E-state index in [2.05, 4.69) is 68.8 Å². The van der Waals surface area contributed by atoms with Gasteiger partial charge in [0.15, 0.2) is 5.96 Å². The van der Waals surface area contributed by atoms with E-state index >= 15 is 0 Å². The summed E-state index contributed by atoms with van der Waals surface area (Å²) >= 11 is 3.72. The average molecular weight is 1760 g/mol. The van der Waals surface area contributed by atoms with Crippen molar-refractivity contribution in [1.29, 1.82) is 0 Å². The van der Waals surface area contributed by atoms with Crippen LogP contribution in [0.1, 0.15) is 143 Å². The minimum Gasteiger partial charge on any atom is -0.506 e. The van der Waals surface area contributed by atoms with Crippen molar-refractivity contribution in [2.24, 2.45) is 62.9 Å². The Kier molecular flexibility index (Phi) is 43.3. The molecular formula is C69H108I2N20O18. The van der Waals surface area contributed by atoms with Gasteiger partial charge >= 0.3 is 5.97 Å². The number of carboxylic acids is 1. The zero-order chi connectivity index (χ0) is 82.4. The van der Waals surface area contributed by atoms with Crippen molar-refractivity contribution >= 4 is 146 Å². The van der Waals surface area contributed by atoms with E-state index in [4.69, 9.17) is 40.1 Å². The summed E-state index contributed by atoms with van der Waals surface area (Å²) in [6, 6.07) is -4.44. The number of aromatic hydroxyl groups is 1. The van der Waals surface area contributed by atoms with Crippen LogP contribution >= 0.6 is 45.2 Å². The van der Waals surface area contributed by atoms with Crippen molar-refractivity contribution in [1.82, 2.24) is 63.8 Å². The van der Waals surface area contributed by atoms with E-state index in [1.807, 2.05) is 45.2 Å². The van der Waals surface area contributed by atoms with E-state index in [0.717, 1.165) is 0 Å². The Balaban J connectivity index is 2.42. The molecular weight excluding hydrogens is 1650 g/mol. The third-order valence-electron chi connectivity index (χ3n) is 17.0. The Morgan fingerprint density at radius 2 is 0.881 bits per heavy atom. The lowest BCUT2D eigenvalue weighted by Crippen LogP contribution is -2.61. The Morgan fingerprint density at radius 3 is 1.38 bits per heavy atom. The maximum atomic E-state index is 14.4. The summed E-state index contributed by atoms with van der Waals surface area (Å²) in [5.41, 5.74) is 39.9. The second kappa shape index (κ2) is 49.5. The number of hydrogen-bond acceptors (Lipinski definition) is 20. The van der Waals surface area contributed by atoms with E-state index in [9.17, 15) is 86.9 Å². The molecule has 0 aliphatic heterocycles. The van der Waals surface area contributed by atoms with Crippen LogP contribution in [0.15, 0.2) is 47.5 Å². The summed E-state index contributed by atoms with van der Waals surface area (Å²) in [6.45, 7) is 10.1. The molecule has 0 aliphatic rings. The number of amides is 15. The monoisotopic (exact) mass is 1760 g/mol. The Labute approximate surface area is 659 Å². The number of carbonyl (C=O) groups excluding carboxylic acids is 15. The summed E-state index contributed by atoms with van der Waals surface area (Å²) in [7, 11) is 0. The molecule has 2 aromatic rings. The number of unbranched alkanes of at least 4 members (excludes halogenated alkanes) is 1. The molecule has 0 fully saturated rings. The minimum atomic E-state index is -1.80. The Hall–Kier alpha value is -9.59. The van der Waals surface area contributed by atoms with Crippen LogP contribution in [0, 0.1) is 24.9 Å². The maximum Gasteiger partial charge on any atom is 0.303 e. The molecule has 40 heteroatoms. The quantitative estimate of drug-likeness (QED) is 0.0129. The van der Waals surface area contributed by atoms with Gasteiger partial charge in [-0.1, -0.05) is 78.3 Å². The van der Waals surface area contributed by atoms with Gasteiger partial charge < -0.3 is 114 Å². The number of benzene rings is 2. The number of aliphatic imine (C=N–C) groups is 1. The van der Waals surface area contributed by atoms with E-state index in [1.54, 1.807) is 58.0 Å². The molecule has 15 amide bonds. The molecule has 0 aliphatic carbocycles. The van der Waals surface area contributed by atoms with Crippen molar-refractivity contribution < 1.29 is 86.9 Å². The second-order valence-electron chi connectivity index (χ2n) is 26.8. The number of phenolic OH excluding ortho intramolecular Hbond substituents is 1. The topological polar surface area (TPSA) is 652 Å². The third kappa shape index (κ3) is 36.0. The second-order valence-corrected chi connectivity index (χ2v) is 29.1. The Morgan fingerprint density at radius 1 is 0.459 bits per heavy atom. The number of nitrogens with two attached hydrogens (primary N) is 7. The van der Waals surface area contributed by atoms with Crippen LogP contribution in [-0.2, 0) is 89.6 Å². The van der Waals surface area contributed by atoms with Crippen molar-refractivity contribution in [3.63, 3.8) is 0 Å². The lowest BCUT2D eigenvalue weighted by Gasteiger charge is -2.29. The number of carbonyl (C=O) groups is 16. The number of halogens is 2. The normalized spacial score (nSPS) is 14.4. The number of nitrogens with zero attached hydrogens (tertiary/aromatic N) is 1. The molecule has 109 heavy (non-hydrogen) atoms. The standard InChI is InChI=1S/C69H108I2N20O18/c1-8-36(6)56(68(109)87-48(31-39-28-40(70)57(98)41(71)29-39)64(105)83-42(58(76)99)21-23-50(74)93)91-63(104)46(22-24-53(96)97)84-61(102)44(18-12-13-25-72)82-52(95)33-80-59(100)49(32-51(75)94)88-67(108)55(35(4)5)89-62(103)45(19-14-26-73)85-66(107)54(34(2)3)90-65(106)47(30-38-16-10-9-11-17-38)86-60(101)43(81-37(7)92)20-15-27-79-69(77)78/h9-11,16-17,28-29,34-36,42-49,54-56,98H,8,12-15,18-27,30-33,72-73H2,1-7H3,(H2,74,93)(H2,75,94)(H2,76,99)(H,80,100)(H,81,92)(H,82,95)(H,83,105)(H,84,102)(H,85,107)(H,86,101)(H,87,109)(H,88,108)(H,89,103)(H,90,106)(H,91,104)(H,96,97)(H4,77,78,79)/t36-,42-,43-,44-,45-,46-,47-,48-,49-,54-,55-,56-/m0/s1. The highest BCUT2D eigenvalue weighted by Crippen LogP contribution is 2.28. The number of guanidine groups is 1. The van der Waals surface area contributed by atoms with Gasteiger partial charge in [0.2, 0.25) is 88.6 Å².